The van der Waals surface area contributed by atoms with E-state index in [0.29, 0.717) is 15.4 Å². The molecule has 0 atom stereocenters. The molecule has 100 valence electrons. The van der Waals surface area contributed by atoms with Crippen LogP contribution < -0.4 is 0 Å². The molecule has 0 fully saturated rings. The average molecular weight is 488 g/mol. The van der Waals surface area contributed by atoms with Crippen LogP contribution in [0.4, 0.5) is 0 Å². The molecule has 0 nitrogen and oxygen atoms in total. The summed E-state index contributed by atoms with van der Waals surface area (Å²) in [6.45, 7) is 0. The lowest BCUT2D eigenvalue weighted by Gasteiger charge is -2.14. The summed E-state index contributed by atoms with van der Waals surface area (Å²) in [4.78, 5) is 0. The number of hydrogen-bond donors (Lipinski definition) is 0. The normalized spacial score (nSPS) is 11.1. The molecule has 0 aliphatic rings. The molecule has 5 heteroatoms. The summed E-state index contributed by atoms with van der Waals surface area (Å²) in [5, 5.41) is 2.00. The Morgan fingerprint density at radius 3 is 2.26 bits per heavy atom. The van der Waals surface area contributed by atoms with Crippen molar-refractivity contribution in [3.05, 3.63) is 57.6 Å². The van der Waals surface area contributed by atoms with Crippen molar-refractivity contribution in [2.45, 2.75) is 9.07 Å². The van der Waals surface area contributed by atoms with Gasteiger partial charge in [-0.1, -0.05) is 101 Å². The lowest BCUT2D eigenvalue weighted by Crippen LogP contribution is -1.92. The third-order valence-corrected chi connectivity index (χ3v) is 5.14. The topological polar surface area (TPSA) is 0 Å². The van der Waals surface area contributed by atoms with E-state index in [2.05, 4.69) is 59.9 Å². The summed E-state index contributed by atoms with van der Waals surface area (Å²) in [6.07, 6.45) is 0. The predicted molar refractivity (Wildman–Crippen MR) is 95.1 cm³/mol. The van der Waals surface area contributed by atoms with Crippen LogP contribution in [0.25, 0.3) is 11.1 Å². The van der Waals surface area contributed by atoms with Crippen LogP contribution in [0.5, 0.6) is 0 Å². The van der Waals surface area contributed by atoms with Gasteiger partial charge in [-0.05, 0) is 17.2 Å². The molecule has 19 heavy (non-hydrogen) atoms. The molecular formula is C14H9Br3Cl2. The fourth-order valence-electron chi connectivity index (χ4n) is 1.86. The molecule has 0 saturated heterocycles. The Hall–Kier alpha value is 0.460. The van der Waals surface area contributed by atoms with Gasteiger partial charge in [-0.3, -0.25) is 0 Å². The summed E-state index contributed by atoms with van der Waals surface area (Å²) >= 11 is 23.2. The van der Waals surface area contributed by atoms with Crippen LogP contribution in [0.15, 0.2) is 36.4 Å². The van der Waals surface area contributed by atoms with Crippen molar-refractivity contribution in [3.63, 3.8) is 0 Å². The zero-order valence-corrected chi connectivity index (χ0v) is 15.9. The molecular weight excluding hydrogens is 479 g/mol. The lowest BCUT2D eigenvalue weighted by molar-refractivity contribution is 1.39. The van der Waals surface area contributed by atoms with Crippen LogP contribution in [0.1, 0.15) is 14.9 Å². The van der Waals surface area contributed by atoms with E-state index < -0.39 is 0 Å². The van der Waals surface area contributed by atoms with Gasteiger partial charge in [0.05, 0.1) is 8.76 Å². The van der Waals surface area contributed by atoms with Gasteiger partial charge < -0.3 is 0 Å². The second kappa shape index (κ2) is 6.95. The average Bonchev–Trinajstić information content (AvgIpc) is 2.39. The molecule has 2 aromatic rings. The van der Waals surface area contributed by atoms with Crippen molar-refractivity contribution < 1.29 is 0 Å². The van der Waals surface area contributed by atoms with Gasteiger partial charge in [0.15, 0.2) is 0 Å². The Kier molecular flexibility index (Phi) is 5.79. The summed E-state index contributed by atoms with van der Waals surface area (Å²) in [5.74, 6) is 0. The van der Waals surface area contributed by atoms with Crippen molar-refractivity contribution in [1.29, 1.82) is 0 Å². The van der Waals surface area contributed by atoms with Gasteiger partial charge in [0.1, 0.15) is 0 Å². The molecule has 2 rings (SSSR count). The third-order valence-electron chi connectivity index (χ3n) is 2.81. The van der Waals surface area contributed by atoms with Crippen LogP contribution >= 0.6 is 71.0 Å². The minimum atomic E-state index is 0.0790. The summed E-state index contributed by atoms with van der Waals surface area (Å²) in [6, 6.07) is 12.0. The largest absolute Gasteiger partial charge is 0.0952 e. The van der Waals surface area contributed by atoms with Crippen molar-refractivity contribution in [2.24, 2.45) is 0 Å². The van der Waals surface area contributed by atoms with E-state index in [0.717, 1.165) is 22.3 Å². The fraction of sp³-hybridized carbons (Fsp3) is 0.143. The highest BCUT2D eigenvalue weighted by molar-refractivity contribution is 9.24. The van der Waals surface area contributed by atoms with E-state index in [4.69, 9.17) is 23.2 Å². The van der Waals surface area contributed by atoms with Crippen molar-refractivity contribution in [2.75, 3.05) is 0 Å². The number of rotatable bonds is 3. The minimum absolute atomic E-state index is 0.0790. The Labute approximate surface area is 147 Å². The van der Waals surface area contributed by atoms with Gasteiger partial charge >= 0.3 is 0 Å². The lowest BCUT2D eigenvalue weighted by atomic mass is 9.99. The maximum absolute atomic E-state index is 6.48. The smallest absolute Gasteiger partial charge is 0.0875 e. The second-order valence-electron chi connectivity index (χ2n) is 3.91. The van der Waals surface area contributed by atoms with Crippen LogP contribution in [0.2, 0.25) is 10.0 Å². The zero-order valence-electron chi connectivity index (χ0n) is 9.64. The van der Waals surface area contributed by atoms with E-state index in [1.165, 1.54) is 0 Å². The number of benzene rings is 2. The fourth-order valence-corrected chi connectivity index (χ4v) is 4.17. The minimum Gasteiger partial charge on any atom is -0.0875 e. The van der Waals surface area contributed by atoms with Crippen molar-refractivity contribution in [1.82, 2.24) is 0 Å². The molecule has 0 aliphatic carbocycles. The zero-order chi connectivity index (χ0) is 14.0. The summed E-state index contributed by atoms with van der Waals surface area (Å²) in [5.41, 5.74) is 4.12. The van der Waals surface area contributed by atoms with E-state index in [-0.39, 0.29) is 3.74 Å². The van der Waals surface area contributed by atoms with E-state index >= 15 is 0 Å². The molecule has 2 aromatic carbocycles. The Morgan fingerprint density at radius 1 is 0.947 bits per heavy atom. The van der Waals surface area contributed by atoms with E-state index in [1.807, 2.05) is 24.3 Å². The van der Waals surface area contributed by atoms with Crippen molar-refractivity contribution in [3.8, 4) is 11.1 Å². The first-order chi connectivity index (χ1) is 9.06. The second-order valence-corrected chi connectivity index (χ2v) is 8.32. The number of halogens is 5. The molecule has 0 heterocycles. The Morgan fingerprint density at radius 2 is 1.63 bits per heavy atom. The SMILES string of the molecule is Clc1ccc(-c2ccccc2C(Br)Br)c(Cl)c1CBr. The number of alkyl halides is 3. The monoisotopic (exact) mass is 484 g/mol. The molecule has 0 aromatic heterocycles. The number of hydrogen-bond acceptors (Lipinski definition) is 0. The molecule has 0 amide bonds. The Bertz CT molecular complexity index is 597. The molecule has 0 N–H and O–H groups in total. The van der Waals surface area contributed by atoms with Crippen LogP contribution in [0, 0.1) is 0 Å². The maximum atomic E-state index is 6.48. The highest BCUT2D eigenvalue weighted by atomic mass is 79.9. The van der Waals surface area contributed by atoms with Crippen molar-refractivity contribution >= 4 is 71.0 Å². The van der Waals surface area contributed by atoms with Gasteiger partial charge in [0, 0.05) is 21.5 Å². The predicted octanol–water partition coefficient (Wildman–Crippen LogP) is 7.34. The molecule has 0 aliphatic heterocycles. The van der Waals surface area contributed by atoms with Gasteiger partial charge in [0.2, 0.25) is 0 Å². The molecule has 0 unspecified atom stereocenters. The van der Waals surface area contributed by atoms with Gasteiger partial charge in [-0.2, -0.15) is 0 Å². The molecule has 0 radical (unpaired) electrons. The van der Waals surface area contributed by atoms with Crippen LogP contribution in [0.3, 0.4) is 0 Å². The highest BCUT2D eigenvalue weighted by Crippen LogP contribution is 2.41. The maximum Gasteiger partial charge on any atom is 0.0952 e. The van der Waals surface area contributed by atoms with Gasteiger partial charge in [-0.25, -0.2) is 0 Å². The molecule has 0 spiro atoms. The molecule has 0 saturated carbocycles. The third kappa shape index (κ3) is 3.38. The summed E-state index contributed by atoms with van der Waals surface area (Å²) in [7, 11) is 0. The summed E-state index contributed by atoms with van der Waals surface area (Å²) < 4.78 is 0.0790. The van der Waals surface area contributed by atoms with E-state index in [1.54, 1.807) is 0 Å². The molecule has 0 bridgehead atoms. The van der Waals surface area contributed by atoms with E-state index in [9.17, 15) is 0 Å². The first kappa shape index (κ1) is 15.8. The highest BCUT2D eigenvalue weighted by Gasteiger charge is 2.15. The first-order valence-corrected chi connectivity index (χ1v) is 9.17. The van der Waals surface area contributed by atoms with Gasteiger partial charge in [0.25, 0.3) is 0 Å². The Balaban J connectivity index is 2.66. The van der Waals surface area contributed by atoms with Crippen LogP contribution in [-0.2, 0) is 5.33 Å². The first-order valence-electron chi connectivity index (χ1n) is 5.46. The standard InChI is InChI=1S/C14H9Br3Cl2/c15-7-11-12(18)6-5-9(13(11)19)8-3-1-2-4-10(8)14(16)17/h1-6,14H,7H2. The van der Waals surface area contributed by atoms with Gasteiger partial charge in [-0.15, -0.1) is 0 Å². The van der Waals surface area contributed by atoms with Crippen LogP contribution in [-0.4, -0.2) is 0 Å². The quantitative estimate of drug-likeness (QED) is 0.397.